The molecule has 1 aliphatic heterocycles. The first-order valence-electron chi connectivity index (χ1n) is 9.39. The summed E-state index contributed by atoms with van der Waals surface area (Å²) in [6, 6.07) is 4.10. The van der Waals surface area contributed by atoms with Gasteiger partial charge in [-0.3, -0.25) is 4.99 Å². The molecule has 1 amide bonds. The zero-order valence-corrected chi connectivity index (χ0v) is 15.7. The molecule has 2 fully saturated rings. The van der Waals surface area contributed by atoms with Crippen molar-refractivity contribution < 1.29 is 18.3 Å². The van der Waals surface area contributed by atoms with Gasteiger partial charge in [-0.25, -0.2) is 13.6 Å². The number of carbonyl (C=O) groups is 1. The van der Waals surface area contributed by atoms with Crippen LogP contribution in [-0.2, 0) is 4.74 Å². The zero-order valence-electron chi connectivity index (χ0n) is 15.7. The molecule has 0 bridgehead atoms. The molecule has 1 heterocycles. The van der Waals surface area contributed by atoms with Crippen LogP contribution in [0, 0.1) is 11.6 Å². The van der Waals surface area contributed by atoms with E-state index in [2.05, 4.69) is 15.6 Å². The number of hydrogen-bond donors (Lipinski definition) is 2. The Hall–Kier alpha value is -2.38. The third kappa shape index (κ3) is 4.67. The quantitative estimate of drug-likeness (QED) is 0.623. The number of carbonyl (C=O) groups excluding carboxylic acids is 1. The number of piperidine rings is 1. The number of nitrogens with zero attached hydrogens (tertiary/aromatic N) is 2. The van der Waals surface area contributed by atoms with Crippen molar-refractivity contribution >= 4 is 12.1 Å². The van der Waals surface area contributed by atoms with Crippen molar-refractivity contribution in [3.63, 3.8) is 0 Å². The number of ether oxygens (including phenoxy) is 1. The molecule has 2 N–H and O–H groups in total. The Morgan fingerprint density at radius 2 is 1.93 bits per heavy atom. The second-order valence-corrected chi connectivity index (χ2v) is 6.91. The van der Waals surface area contributed by atoms with Crippen LogP contribution in [-0.4, -0.2) is 55.8 Å². The lowest BCUT2D eigenvalue weighted by Crippen LogP contribution is -2.50. The second-order valence-electron chi connectivity index (χ2n) is 6.91. The molecule has 0 spiro atoms. The molecule has 2 atom stereocenters. The standard InChI is InChI=1S/C19H26F2N4O2/c1-3-27-19(26)25-9-7-12(8-10-25)23-18(22-2)24-16-11-13(16)17-14(20)5-4-6-15(17)21/h4-6,12-13,16H,3,7-11H2,1-2H3,(H2,22,23,24). The fraction of sp³-hybridized carbons (Fsp3) is 0.579. The lowest BCUT2D eigenvalue weighted by Gasteiger charge is -2.32. The van der Waals surface area contributed by atoms with Gasteiger partial charge in [0.15, 0.2) is 5.96 Å². The van der Waals surface area contributed by atoms with Gasteiger partial charge in [-0.2, -0.15) is 0 Å². The number of amides is 1. The van der Waals surface area contributed by atoms with E-state index < -0.39 is 11.6 Å². The van der Waals surface area contributed by atoms with E-state index in [1.807, 2.05) is 0 Å². The minimum absolute atomic E-state index is 0.0396. The maximum Gasteiger partial charge on any atom is 0.409 e. The summed E-state index contributed by atoms with van der Waals surface area (Å²) in [5.74, 6) is -0.568. The van der Waals surface area contributed by atoms with Gasteiger partial charge in [-0.1, -0.05) is 6.07 Å². The molecular weight excluding hydrogens is 354 g/mol. The Morgan fingerprint density at radius 3 is 2.52 bits per heavy atom. The normalized spacial score (nSPS) is 23.1. The van der Waals surface area contributed by atoms with Gasteiger partial charge < -0.3 is 20.3 Å². The Morgan fingerprint density at radius 1 is 1.26 bits per heavy atom. The van der Waals surface area contributed by atoms with Gasteiger partial charge in [0, 0.05) is 43.7 Å². The number of hydrogen-bond acceptors (Lipinski definition) is 3. The van der Waals surface area contributed by atoms with Gasteiger partial charge in [0.05, 0.1) is 6.61 Å². The number of rotatable bonds is 4. The van der Waals surface area contributed by atoms with Crippen LogP contribution in [0.1, 0.15) is 37.7 Å². The highest BCUT2D eigenvalue weighted by Gasteiger charge is 2.42. The molecule has 1 saturated carbocycles. The van der Waals surface area contributed by atoms with Gasteiger partial charge in [0.25, 0.3) is 0 Å². The lowest BCUT2D eigenvalue weighted by molar-refractivity contribution is 0.0963. The Bertz CT molecular complexity index is 685. The first kappa shape index (κ1) is 19.4. The number of benzene rings is 1. The summed E-state index contributed by atoms with van der Waals surface area (Å²) in [7, 11) is 1.67. The predicted molar refractivity (Wildman–Crippen MR) is 98.8 cm³/mol. The van der Waals surface area contributed by atoms with E-state index in [1.54, 1.807) is 18.9 Å². The zero-order chi connectivity index (χ0) is 19.4. The molecule has 3 rings (SSSR count). The average Bonchev–Trinajstić information content (AvgIpc) is 3.40. The van der Waals surface area contributed by atoms with Gasteiger partial charge in [0.2, 0.25) is 0 Å². The van der Waals surface area contributed by atoms with Gasteiger partial charge in [-0.05, 0) is 38.3 Å². The molecule has 6 nitrogen and oxygen atoms in total. The molecule has 2 aliphatic rings. The summed E-state index contributed by atoms with van der Waals surface area (Å²) >= 11 is 0. The van der Waals surface area contributed by atoms with Crippen LogP contribution < -0.4 is 10.6 Å². The molecule has 2 unspecified atom stereocenters. The van der Waals surface area contributed by atoms with E-state index in [0.29, 0.717) is 32.1 Å². The van der Waals surface area contributed by atoms with Crippen molar-refractivity contribution in [1.82, 2.24) is 15.5 Å². The number of nitrogens with one attached hydrogen (secondary N) is 2. The van der Waals surface area contributed by atoms with E-state index in [0.717, 1.165) is 12.8 Å². The first-order valence-corrected chi connectivity index (χ1v) is 9.39. The fourth-order valence-corrected chi connectivity index (χ4v) is 3.50. The highest BCUT2D eigenvalue weighted by molar-refractivity contribution is 5.81. The van der Waals surface area contributed by atoms with Crippen molar-refractivity contribution in [2.24, 2.45) is 4.99 Å². The largest absolute Gasteiger partial charge is 0.450 e. The van der Waals surface area contributed by atoms with Crippen molar-refractivity contribution in [2.45, 2.75) is 44.2 Å². The third-order valence-corrected chi connectivity index (χ3v) is 5.07. The molecule has 1 aliphatic carbocycles. The molecule has 1 saturated heterocycles. The van der Waals surface area contributed by atoms with E-state index >= 15 is 0 Å². The predicted octanol–water partition coefficient (Wildman–Crippen LogP) is 2.61. The highest BCUT2D eigenvalue weighted by Crippen LogP contribution is 2.43. The summed E-state index contributed by atoms with van der Waals surface area (Å²) in [6.07, 6.45) is 1.97. The van der Waals surface area contributed by atoms with Crippen LogP contribution in [0.3, 0.4) is 0 Å². The molecule has 0 radical (unpaired) electrons. The van der Waals surface area contributed by atoms with Crippen LogP contribution in [0.4, 0.5) is 13.6 Å². The van der Waals surface area contributed by atoms with Crippen LogP contribution in [0.15, 0.2) is 23.2 Å². The lowest BCUT2D eigenvalue weighted by atomic mass is 10.1. The van der Waals surface area contributed by atoms with Crippen LogP contribution in [0.5, 0.6) is 0 Å². The van der Waals surface area contributed by atoms with E-state index in [9.17, 15) is 13.6 Å². The molecule has 27 heavy (non-hydrogen) atoms. The van der Waals surface area contributed by atoms with Gasteiger partial charge >= 0.3 is 6.09 Å². The Balaban J connectivity index is 1.48. The van der Waals surface area contributed by atoms with Crippen LogP contribution >= 0.6 is 0 Å². The third-order valence-electron chi connectivity index (χ3n) is 5.07. The summed E-state index contributed by atoms with van der Waals surface area (Å²) in [6.45, 7) is 3.42. The van der Waals surface area contributed by atoms with Crippen LogP contribution in [0.2, 0.25) is 0 Å². The second kappa shape index (κ2) is 8.54. The van der Waals surface area contributed by atoms with Crippen molar-refractivity contribution in [1.29, 1.82) is 0 Å². The maximum atomic E-state index is 13.9. The summed E-state index contributed by atoms with van der Waals surface area (Å²) in [5, 5.41) is 6.59. The number of guanidine groups is 1. The van der Waals surface area contributed by atoms with E-state index in [-0.39, 0.29) is 29.7 Å². The maximum absolute atomic E-state index is 13.9. The number of halogens is 2. The number of aliphatic imine (C=N–C) groups is 1. The Kier molecular flexibility index (Phi) is 6.13. The van der Waals surface area contributed by atoms with Crippen LogP contribution in [0.25, 0.3) is 0 Å². The molecular formula is C19H26F2N4O2. The molecule has 0 aromatic heterocycles. The van der Waals surface area contributed by atoms with Crippen molar-refractivity contribution in [2.75, 3.05) is 26.7 Å². The van der Waals surface area contributed by atoms with Gasteiger partial charge in [0.1, 0.15) is 11.6 Å². The summed E-state index contributed by atoms with van der Waals surface area (Å²) < 4.78 is 32.8. The topological polar surface area (TPSA) is 66.0 Å². The first-order chi connectivity index (χ1) is 13.0. The van der Waals surface area contributed by atoms with Crippen molar-refractivity contribution in [3.8, 4) is 0 Å². The SMILES string of the molecule is CCOC(=O)N1CCC(NC(=NC)NC2CC2c2c(F)cccc2F)CC1. The minimum atomic E-state index is -0.501. The highest BCUT2D eigenvalue weighted by atomic mass is 19.1. The molecule has 148 valence electrons. The monoisotopic (exact) mass is 380 g/mol. The molecule has 8 heteroatoms. The summed E-state index contributed by atoms with van der Waals surface area (Å²) in [5.41, 5.74) is 0.146. The molecule has 1 aromatic rings. The Labute approximate surface area is 158 Å². The van der Waals surface area contributed by atoms with E-state index in [1.165, 1.54) is 18.2 Å². The average molecular weight is 380 g/mol. The smallest absolute Gasteiger partial charge is 0.409 e. The minimum Gasteiger partial charge on any atom is -0.450 e. The van der Waals surface area contributed by atoms with Gasteiger partial charge in [-0.15, -0.1) is 0 Å². The summed E-state index contributed by atoms with van der Waals surface area (Å²) in [4.78, 5) is 17.7. The van der Waals surface area contributed by atoms with Crippen molar-refractivity contribution in [3.05, 3.63) is 35.4 Å². The van der Waals surface area contributed by atoms with E-state index in [4.69, 9.17) is 4.74 Å². The molecule has 1 aromatic carbocycles. The number of likely N-dealkylation sites (tertiary alicyclic amines) is 1. The fourth-order valence-electron chi connectivity index (χ4n) is 3.50.